The third-order valence-electron chi connectivity index (χ3n) is 6.64. The average Bonchev–Trinajstić information content (AvgIpc) is 2.91. The zero-order valence-corrected chi connectivity index (χ0v) is 20.1. The van der Waals surface area contributed by atoms with Crippen molar-refractivity contribution in [3.63, 3.8) is 0 Å². The maximum absolute atomic E-state index is 12.6. The van der Waals surface area contributed by atoms with E-state index in [0.717, 1.165) is 47.2 Å². The molecule has 1 saturated carbocycles. The van der Waals surface area contributed by atoms with Crippen LogP contribution in [0.1, 0.15) is 25.7 Å². The van der Waals surface area contributed by atoms with Gasteiger partial charge in [-0.05, 0) is 58.7 Å². The minimum Gasteiger partial charge on any atom is -0.484 e. The summed E-state index contributed by atoms with van der Waals surface area (Å²) in [4.78, 5) is 25.2. The van der Waals surface area contributed by atoms with Crippen LogP contribution in [0.2, 0.25) is 0 Å². The fraction of sp³-hybridized carbons (Fsp3) is 0.267. The van der Waals surface area contributed by atoms with E-state index < -0.39 is 0 Å². The first-order chi connectivity index (χ1) is 17.6. The molecule has 0 aliphatic heterocycles. The number of carbonyl (C=O) groups is 2. The van der Waals surface area contributed by atoms with Gasteiger partial charge >= 0.3 is 0 Å². The molecular weight excluding hydrogens is 452 g/mol. The lowest BCUT2D eigenvalue weighted by molar-refractivity contribution is -0.127. The molecule has 0 unspecified atom stereocenters. The van der Waals surface area contributed by atoms with Crippen LogP contribution < -0.4 is 20.1 Å². The molecule has 4 aromatic carbocycles. The van der Waals surface area contributed by atoms with Crippen LogP contribution >= 0.6 is 0 Å². The van der Waals surface area contributed by atoms with Crippen LogP contribution in [-0.2, 0) is 9.59 Å². The molecule has 6 nitrogen and oxygen atoms in total. The van der Waals surface area contributed by atoms with Gasteiger partial charge in [-0.15, -0.1) is 0 Å². The molecule has 0 radical (unpaired) electrons. The molecule has 2 atom stereocenters. The van der Waals surface area contributed by atoms with Gasteiger partial charge in [0.15, 0.2) is 13.2 Å². The molecule has 2 amide bonds. The number of rotatable bonds is 8. The lowest BCUT2D eigenvalue weighted by Gasteiger charge is -2.32. The van der Waals surface area contributed by atoms with Gasteiger partial charge in [0.05, 0.1) is 0 Å². The Kier molecular flexibility index (Phi) is 7.31. The van der Waals surface area contributed by atoms with Crippen molar-refractivity contribution >= 4 is 33.4 Å². The van der Waals surface area contributed by atoms with Crippen molar-refractivity contribution in [3.05, 3.63) is 84.9 Å². The molecule has 36 heavy (non-hydrogen) atoms. The number of carbonyl (C=O) groups excluding carboxylic acids is 2. The number of amides is 2. The van der Waals surface area contributed by atoms with Gasteiger partial charge in [-0.2, -0.15) is 0 Å². The number of ether oxygens (including phenoxy) is 2. The molecule has 0 aromatic heterocycles. The zero-order valence-electron chi connectivity index (χ0n) is 20.1. The number of benzene rings is 4. The van der Waals surface area contributed by atoms with Crippen molar-refractivity contribution in [1.29, 1.82) is 0 Å². The Morgan fingerprint density at radius 3 is 1.47 bits per heavy atom. The Balaban J connectivity index is 1.11. The minimum absolute atomic E-state index is 0.0689. The Morgan fingerprint density at radius 1 is 0.611 bits per heavy atom. The van der Waals surface area contributed by atoms with E-state index in [1.54, 1.807) is 0 Å². The summed E-state index contributed by atoms with van der Waals surface area (Å²) in [6.07, 6.45) is 3.66. The molecule has 4 aromatic rings. The maximum atomic E-state index is 12.6. The summed E-state index contributed by atoms with van der Waals surface area (Å²) < 4.78 is 11.5. The van der Waals surface area contributed by atoms with E-state index in [9.17, 15) is 9.59 Å². The van der Waals surface area contributed by atoms with E-state index in [-0.39, 0.29) is 37.1 Å². The lowest BCUT2D eigenvalue weighted by Crippen LogP contribution is -2.54. The summed E-state index contributed by atoms with van der Waals surface area (Å²) in [5, 5.41) is 10.5. The fourth-order valence-corrected chi connectivity index (χ4v) is 4.79. The van der Waals surface area contributed by atoms with Crippen molar-refractivity contribution < 1.29 is 19.1 Å². The normalized spacial score (nSPS) is 17.4. The Hall–Kier alpha value is -4.06. The quantitative estimate of drug-likeness (QED) is 0.371. The van der Waals surface area contributed by atoms with Crippen LogP contribution in [0, 0.1) is 0 Å². The van der Waals surface area contributed by atoms with Crippen LogP contribution in [0.15, 0.2) is 84.9 Å². The molecule has 0 bridgehead atoms. The molecule has 1 aliphatic carbocycles. The molecule has 5 rings (SSSR count). The van der Waals surface area contributed by atoms with Crippen LogP contribution in [-0.4, -0.2) is 37.1 Å². The van der Waals surface area contributed by atoms with E-state index in [4.69, 9.17) is 9.47 Å². The van der Waals surface area contributed by atoms with Gasteiger partial charge in [-0.25, -0.2) is 0 Å². The second-order valence-electron chi connectivity index (χ2n) is 9.23. The highest BCUT2D eigenvalue weighted by atomic mass is 16.5. The largest absolute Gasteiger partial charge is 0.484 e. The second kappa shape index (κ2) is 11.1. The predicted molar refractivity (Wildman–Crippen MR) is 141 cm³/mol. The first-order valence-electron chi connectivity index (χ1n) is 12.5. The van der Waals surface area contributed by atoms with Crippen LogP contribution in [0.5, 0.6) is 11.5 Å². The highest BCUT2D eigenvalue weighted by Crippen LogP contribution is 2.22. The van der Waals surface area contributed by atoms with Gasteiger partial charge < -0.3 is 20.1 Å². The molecule has 0 spiro atoms. The number of hydrogen-bond acceptors (Lipinski definition) is 4. The molecule has 1 aliphatic rings. The van der Waals surface area contributed by atoms with Gasteiger partial charge in [0.1, 0.15) is 11.5 Å². The first-order valence-corrected chi connectivity index (χ1v) is 12.5. The molecule has 184 valence electrons. The van der Waals surface area contributed by atoms with Gasteiger partial charge in [0, 0.05) is 12.1 Å². The van der Waals surface area contributed by atoms with Crippen molar-refractivity contribution in [2.75, 3.05) is 13.2 Å². The number of fused-ring (bicyclic) bond motifs is 2. The molecule has 6 heteroatoms. The topological polar surface area (TPSA) is 76.7 Å². The minimum atomic E-state index is -0.193. The van der Waals surface area contributed by atoms with Gasteiger partial charge in [-0.1, -0.05) is 73.5 Å². The Labute approximate surface area is 210 Å². The molecule has 0 saturated heterocycles. The first kappa shape index (κ1) is 23.7. The van der Waals surface area contributed by atoms with E-state index >= 15 is 0 Å². The van der Waals surface area contributed by atoms with Crippen molar-refractivity contribution in [3.8, 4) is 11.5 Å². The third-order valence-corrected chi connectivity index (χ3v) is 6.64. The molecule has 0 heterocycles. The second-order valence-corrected chi connectivity index (χ2v) is 9.23. The molecule has 1 fully saturated rings. The zero-order chi connectivity index (χ0) is 24.7. The van der Waals surface area contributed by atoms with Gasteiger partial charge in [-0.3, -0.25) is 9.59 Å². The summed E-state index contributed by atoms with van der Waals surface area (Å²) in [6, 6.07) is 27.3. The summed E-state index contributed by atoms with van der Waals surface area (Å²) in [7, 11) is 0. The van der Waals surface area contributed by atoms with Gasteiger partial charge in [0.25, 0.3) is 11.8 Å². The number of hydrogen-bond donors (Lipinski definition) is 2. The summed E-state index contributed by atoms with van der Waals surface area (Å²) in [6.45, 7) is -0.138. The summed E-state index contributed by atoms with van der Waals surface area (Å²) in [5.41, 5.74) is 0. The van der Waals surface area contributed by atoms with Crippen LogP contribution in [0.4, 0.5) is 0 Å². The Bertz CT molecular complexity index is 1260. The van der Waals surface area contributed by atoms with E-state index in [0.29, 0.717) is 11.5 Å². The molecular formula is C30H30N2O4. The van der Waals surface area contributed by atoms with Gasteiger partial charge in [0.2, 0.25) is 0 Å². The van der Waals surface area contributed by atoms with E-state index in [1.807, 2.05) is 84.9 Å². The van der Waals surface area contributed by atoms with Crippen LogP contribution in [0.25, 0.3) is 21.5 Å². The number of nitrogens with one attached hydrogen (secondary N) is 2. The smallest absolute Gasteiger partial charge is 0.258 e. The van der Waals surface area contributed by atoms with Crippen LogP contribution in [0.3, 0.4) is 0 Å². The maximum Gasteiger partial charge on any atom is 0.258 e. The monoisotopic (exact) mass is 482 g/mol. The molecule has 2 N–H and O–H groups in total. The van der Waals surface area contributed by atoms with Crippen molar-refractivity contribution in [2.45, 2.75) is 37.8 Å². The SMILES string of the molecule is O=C(COc1ccc2ccccc2c1)N[C@H]1CCCC[C@@H]1NC(=O)COc1ccc2ccccc2c1. The van der Waals surface area contributed by atoms with E-state index in [1.165, 1.54) is 0 Å². The lowest BCUT2D eigenvalue weighted by atomic mass is 9.90. The Morgan fingerprint density at radius 2 is 1.03 bits per heavy atom. The highest BCUT2D eigenvalue weighted by molar-refractivity contribution is 5.85. The average molecular weight is 483 g/mol. The standard InChI is InChI=1S/C30H30N2O4/c33-29(19-35-25-15-13-21-7-1-3-9-23(21)17-25)31-27-11-5-6-12-28(27)32-30(34)20-36-26-16-14-22-8-2-4-10-24(22)18-26/h1-4,7-10,13-18,27-28H,5-6,11-12,19-20H2,(H,31,33)(H,32,34)/t27-,28-/m0/s1. The predicted octanol–water partition coefficient (Wildman–Crippen LogP) is 4.99. The van der Waals surface area contributed by atoms with Crippen molar-refractivity contribution in [2.24, 2.45) is 0 Å². The summed E-state index contributed by atoms with van der Waals surface area (Å²) in [5.74, 6) is 0.926. The summed E-state index contributed by atoms with van der Waals surface area (Å²) >= 11 is 0. The third kappa shape index (κ3) is 5.95. The fourth-order valence-electron chi connectivity index (χ4n) is 4.79. The van der Waals surface area contributed by atoms with Crippen molar-refractivity contribution in [1.82, 2.24) is 10.6 Å². The van der Waals surface area contributed by atoms with E-state index in [2.05, 4.69) is 10.6 Å². The highest BCUT2D eigenvalue weighted by Gasteiger charge is 2.28.